The molecule has 0 unspecified atom stereocenters. The number of ether oxygens (including phenoxy) is 1. The first kappa shape index (κ1) is 29.1. The third kappa shape index (κ3) is 6.28. The Morgan fingerprint density at radius 3 is 2.48 bits per heavy atom. The van der Waals surface area contributed by atoms with E-state index in [0.717, 1.165) is 17.1 Å². The van der Waals surface area contributed by atoms with Crippen molar-refractivity contribution in [2.24, 2.45) is 0 Å². The molecule has 1 fully saturated rings. The number of nitrogens with zero attached hydrogens (tertiary/aromatic N) is 4. The number of halogens is 3. The summed E-state index contributed by atoms with van der Waals surface area (Å²) in [5.41, 5.74) is -0.0955. The average molecular weight is 579 g/mol. The largest absolute Gasteiger partial charge is 0.495 e. The molecule has 2 aromatic carbocycles. The molecule has 0 atom stereocenters. The van der Waals surface area contributed by atoms with E-state index in [9.17, 15) is 26.4 Å². The summed E-state index contributed by atoms with van der Waals surface area (Å²) in [4.78, 5) is 22.3. The van der Waals surface area contributed by atoms with Crippen molar-refractivity contribution in [2.45, 2.75) is 30.5 Å². The number of methoxy groups -OCH3 is 1. The summed E-state index contributed by atoms with van der Waals surface area (Å²) in [5.74, 6) is -0.550. The highest BCUT2D eigenvalue weighted by molar-refractivity contribution is 7.89. The summed E-state index contributed by atoms with van der Waals surface area (Å²) in [7, 11) is 0.306. The van der Waals surface area contributed by atoms with Crippen molar-refractivity contribution in [3.05, 3.63) is 65.4 Å². The number of nitrogens with one attached hydrogen (secondary N) is 2. The van der Waals surface area contributed by atoms with Gasteiger partial charge >= 0.3 is 6.18 Å². The smallest absolute Gasteiger partial charge is 0.421 e. The first-order chi connectivity index (χ1) is 18.9. The fraction of sp³-hybridized carbons (Fsp3) is 0.346. The van der Waals surface area contributed by atoms with Crippen LogP contribution in [0.15, 0.2) is 53.6 Å². The summed E-state index contributed by atoms with van der Waals surface area (Å²) in [6.07, 6.45) is -2.24. The van der Waals surface area contributed by atoms with Gasteiger partial charge in [0.25, 0.3) is 5.91 Å². The maximum Gasteiger partial charge on any atom is 0.421 e. The van der Waals surface area contributed by atoms with Crippen LogP contribution in [0.1, 0.15) is 34.3 Å². The van der Waals surface area contributed by atoms with Crippen molar-refractivity contribution in [2.75, 3.05) is 44.9 Å². The minimum absolute atomic E-state index is 0.0400. The molecule has 1 aromatic heterocycles. The van der Waals surface area contributed by atoms with Gasteiger partial charge in [-0.3, -0.25) is 4.79 Å². The van der Waals surface area contributed by atoms with Gasteiger partial charge in [-0.05, 0) is 42.7 Å². The topological polar surface area (TPSA) is 117 Å². The summed E-state index contributed by atoms with van der Waals surface area (Å²) in [6, 6.07) is 10.7. The Morgan fingerprint density at radius 1 is 1.12 bits per heavy atom. The number of rotatable bonds is 9. The summed E-state index contributed by atoms with van der Waals surface area (Å²) < 4.78 is 73.1. The van der Waals surface area contributed by atoms with Crippen molar-refractivity contribution >= 4 is 33.4 Å². The SMILES string of the molecule is COc1cc(C(=O)N2CCCC2)ccc1Nc1ncc(C(F)(F)F)c(NCc2ccccc2S(=O)(=O)N(C)C)n1. The van der Waals surface area contributed by atoms with E-state index in [1.54, 1.807) is 29.2 Å². The van der Waals surface area contributed by atoms with Crippen molar-refractivity contribution in [1.29, 1.82) is 0 Å². The van der Waals surface area contributed by atoms with Gasteiger partial charge in [-0.2, -0.15) is 18.2 Å². The zero-order chi connectivity index (χ0) is 29.1. The van der Waals surface area contributed by atoms with Crippen LogP contribution in [0, 0.1) is 0 Å². The molecule has 3 aromatic rings. The monoisotopic (exact) mass is 578 g/mol. The Bertz CT molecular complexity index is 1490. The fourth-order valence-corrected chi connectivity index (χ4v) is 5.33. The number of alkyl halides is 3. The molecular formula is C26H29F3N6O4S. The quantitative estimate of drug-likeness (QED) is 0.385. The van der Waals surface area contributed by atoms with Crippen LogP contribution in [-0.2, 0) is 22.7 Å². The van der Waals surface area contributed by atoms with Crippen molar-refractivity contribution in [1.82, 2.24) is 19.2 Å². The van der Waals surface area contributed by atoms with Gasteiger partial charge in [-0.1, -0.05) is 18.2 Å². The number of hydrogen-bond acceptors (Lipinski definition) is 8. The molecule has 1 aliphatic rings. The molecule has 1 aliphatic heterocycles. The Balaban J connectivity index is 1.61. The van der Waals surface area contributed by atoms with Gasteiger partial charge in [0.15, 0.2) is 0 Å². The van der Waals surface area contributed by atoms with Crippen molar-refractivity contribution in [3.8, 4) is 5.75 Å². The molecule has 10 nitrogen and oxygen atoms in total. The molecule has 0 saturated carbocycles. The first-order valence-electron chi connectivity index (χ1n) is 12.3. The highest BCUT2D eigenvalue weighted by Gasteiger charge is 2.35. The Hall–Kier alpha value is -3.91. The van der Waals surface area contributed by atoms with E-state index in [1.165, 1.54) is 39.4 Å². The van der Waals surface area contributed by atoms with Gasteiger partial charge in [0, 0.05) is 45.5 Å². The lowest BCUT2D eigenvalue weighted by Crippen LogP contribution is -2.27. The van der Waals surface area contributed by atoms with Crippen LogP contribution in [0.5, 0.6) is 5.75 Å². The molecule has 1 saturated heterocycles. The van der Waals surface area contributed by atoms with Crippen molar-refractivity contribution < 1.29 is 31.1 Å². The molecule has 1 amide bonds. The maximum absolute atomic E-state index is 13.8. The van der Waals surface area contributed by atoms with E-state index in [4.69, 9.17) is 4.74 Å². The van der Waals surface area contributed by atoms with Gasteiger partial charge in [0.05, 0.1) is 17.7 Å². The van der Waals surface area contributed by atoms with Crippen LogP contribution < -0.4 is 15.4 Å². The zero-order valence-electron chi connectivity index (χ0n) is 22.1. The second-order valence-electron chi connectivity index (χ2n) is 9.24. The van der Waals surface area contributed by atoms with Gasteiger partial charge in [-0.15, -0.1) is 0 Å². The van der Waals surface area contributed by atoms with Gasteiger partial charge in [0.2, 0.25) is 16.0 Å². The number of amides is 1. The molecule has 14 heteroatoms. The molecule has 2 heterocycles. The molecule has 0 bridgehead atoms. The first-order valence-corrected chi connectivity index (χ1v) is 13.8. The lowest BCUT2D eigenvalue weighted by atomic mass is 10.1. The minimum atomic E-state index is -4.77. The summed E-state index contributed by atoms with van der Waals surface area (Å²) in [6.45, 7) is 1.11. The number of carbonyl (C=O) groups excluding carboxylic acids is 1. The Labute approximate surface area is 230 Å². The molecule has 0 radical (unpaired) electrons. The minimum Gasteiger partial charge on any atom is -0.495 e. The average Bonchev–Trinajstić information content (AvgIpc) is 3.46. The second kappa shape index (κ2) is 11.7. The third-order valence-corrected chi connectivity index (χ3v) is 8.28. The predicted octanol–water partition coefficient (Wildman–Crippen LogP) is 4.35. The molecule has 2 N–H and O–H groups in total. The van der Waals surface area contributed by atoms with E-state index >= 15 is 0 Å². The summed E-state index contributed by atoms with van der Waals surface area (Å²) >= 11 is 0. The highest BCUT2D eigenvalue weighted by atomic mass is 32.2. The van der Waals surface area contributed by atoms with Gasteiger partial charge in [0.1, 0.15) is 17.1 Å². The van der Waals surface area contributed by atoms with E-state index < -0.39 is 27.6 Å². The molecular weight excluding hydrogens is 549 g/mol. The molecule has 214 valence electrons. The number of sulfonamides is 1. The lowest BCUT2D eigenvalue weighted by molar-refractivity contribution is -0.137. The number of anilines is 3. The van der Waals surface area contributed by atoms with E-state index in [0.29, 0.717) is 30.5 Å². The second-order valence-corrected chi connectivity index (χ2v) is 11.4. The Kier molecular flexibility index (Phi) is 8.49. The van der Waals surface area contributed by atoms with Gasteiger partial charge < -0.3 is 20.3 Å². The number of aromatic nitrogens is 2. The highest BCUT2D eigenvalue weighted by Crippen LogP contribution is 2.35. The number of benzene rings is 2. The molecule has 0 aliphatic carbocycles. The third-order valence-electron chi connectivity index (χ3n) is 6.36. The van der Waals surface area contributed by atoms with E-state index in [2.05, 4.69) is 20.6 Å². The van der Waals surface area contributed by atoms with E-state index in [-0.39, 0.29) is 34.6 Å². The van der Waals surface area contributed by atoms with Gasteiger partial charge in [-0.25, -0.2) is 17.7 Å². The number of likely N-dealkylation sites (tertiary alicyclic amines) is 1. The summed E-state index contributed by atoms with van der Waals surface area (Å²) in [5, 5.41) is 5.47. The standard InChI is InChI=1S/C26H29F3N6O4S/c1-34(2)40(37,38)22-9-5-4-8-18(22)15-30-23-19(26(27,28)29)16-31-25(33-23)32-20-11-10-17(14-21(20)39-3)24(36)35-12-6-7-13-35/h4-5,8-11,14,16H,6-7,12-13,15H2,1-3H3,(H2,30,31,32,33). The van der Waals surface area contributed by atoms with Crippen LogP contribution >= 0.6 is 0 Å². The normalized spacial score (nSPS) is 13.9. The van der Waals surface area contributed by atoms with Crippen LogP contribution in [-0.4, -0.2) is 67.8 Å². The Morgan fingerprint density at radius 2 is 1.82 bits per heavy atom. The maximum atomic E-state index is 13.8. The molecule has 0 spiro atoms. The molecule has 4 rings (SSSR count). The van der Waals surface area contributed by atoms with Crippen LogP contribution in [0.3, 0.4) is 0 Å². The lowest BCUT2D eigenvalue weighted by Gasteiger charge is -2.18. The fourth-order valence-electron chi connectivity index (χ4n) is 4.21. The van der Waals surface area contributed by atoms with Crippen LogP contribution in [0.2, 0.25) is 0 Å². The predicted molar refractivity (Wildman–Crippen MR) is 143 cm³/mol. The van der Waals surface area contributed by atoms with Crippen LogP contribution in [0.25, 0.3) is 0 Å². The number of hydrogen-bond donors (Lipinski definition) is 2. The molecule has 40 heavy (non-hydrogen) atoms. The zero-order valence-corrected chi connectivity index (χ0v) is 22.9. The van der Waals surface area contributed by atoms with E-state index in [1.807, 2.05) is 0 Å². The number of carbonyl (C=O) groups is 1. The van der Waals surface area contributed by atoms with Crippen molar-refractivity contribution in [3.63, 3.8) is 0 Å². The van der Waals surface area contributed by atoms with Crippen LogP contribution in [0.4, 0.5) is 30.6 Å².